The predicted molar refractivity (Wildman–Crippen MR) is 97.7 cm³/mol. The Kier molecular flexibility index (Phi) is 5.69. The molecule has 0 aliphatic rings. The minimum atomic E-state index is -1.14. The SMILES string of the molecule is Cc1c(C(=O)O)nc2c(O)cccc2c1CCCNC(=O)OC(C)(C)C. The molecule has 0 atom stereocenters. The van der Waals surface area contributed by atoms with Crippen LogP contribution in [0.4, 0.5) is 4.79 Å². The Bertz CT molecular complexity index is 840. The Morgan fingerprint density at radius 2 is 1.96 bits per heavy atom. The van der Waals surface area contributed by atoms with E-state index in [4.69, 9.17) is 4.74 Å². The van der Waals surface area contributed by atoms with Gasteiger partial charge in [0, 0.05) is 11.9 Å². The van der Waals surface area contributed by atoms with Crippen molar-refractivity contribution in [1.82, 2.24) is 10.3 Å². The molecule has 0 radical (unpaired) electrons. The van der Waals surface area contributed by atoms with Crippen molar-refractivity contribution in [2.45, 2.75) is 46.1 Å². The Morgan fingerprint density at radius 3 is 2.58 bits per heavy atom. The third kappa shape index (κ3) is 4.62. The van der Waals surface area contributed by atoms with Crippen LogP contribution < -0.4 is 5.32 Å². The van der Waals surface area contributed by atoms with Gasteiger partial charge in [0.05, 0.1) is 0 Å². The number of carboxylic acid groups (broad SMARTS) is 1. The molecule has 0 aliphatic carbocycles. The molecule has 1 aromatic carbocycles. The molecule has 0 spiro atoms. The molecule has 3 N–H and O–H groups in total. The van der Waals surface area contributed by atoms with Crippen LogP contribution in [0.25, 0.3) is 10.9 Å². The minimum Gasteiger partial charge on any atom is -0.506 e. The van der Waals surface area contributed by atoms with Gasteiger partial charge in [-0.05, 0) is 57.7 Å². The number of fused-ring (bicyclic) bond motifs is 1. The van der Waals surface area contributed by atoms with Crippen molar-refractivity contribution in [3.05, 3.63) is 35.0 Å². The van der Waals surface area contributed by atoms with Gasteiger partial charge in [-0.25, -0.2) is 14.6 Å². The molecule has 1 amide bonds. The van der Waals surface area contributed by atoms with E-state index < -0.39 is 17.7 Å². The van der Waals surface area contributed by atoms with Crippen LogP contribution in [0.5, 0.6) is 5.75 Å². The number of aromatic hydroxyl groups is 1. The van der Waals surface area contributed by atoms with Crippen LogP contribution >= 0.6 is 0 Å². The summed E-state index contributed by atoms with van der Waals surface area (Å²) in [6.45, 7) is 7.47. The second kappa shape index (κ2) is 7.59. The van der Waals surface area contributed by atoms with Crippen LogP contribution in [0.1, 0.15) is 48.8 Å². The van der Waals surface area contributed by atoms with Gasteiger partial charge in [-0.1, -0.05) is 12.1 Å². The van der Waals surface area contributed by atoms with Gasteiger partial charge in [0.1, 0.15) is 16.9 Å². The molecule has 7 heteroatoms. The van der Waals surface area contributed by atoms with Gasteiger partial charge in [-0.2, -0.15) is 0 Å². The number of carboxylic acids is 1. The van der Waals surface area contributed by atoms with Gasteiger partial charge in [-0.15, -0.1) is 0 Å². The average Bonchev–Trinajstić information content (AvgIpc) is 2.51. The summed E-state index contributed by atoms with van der Waals surface area (Å²) in [6, 6.07) is 4.98. The zero-order valence-electron chi connectivity index (χ0n) is 15.4. The number of nitrogens with one attached hydrogen (secondary N) is 1. The fourth-order valence-corrected chi connectivity index (χ4v) is 2.73. The number of hydrogen-bond acceptors (Lipinski definition) is 5. The van der Waals surface area contributed by atoms with Crippen molar-refractivity contribution in [1.29, 1.82) is 0 Å². The van der Waals surface area contributed by atoms with E-state index >= 15 is 0 Å². The largest absolute Gasteiger partial charge is 0.506 e. The number of pyridine rings is 1. The lowest BCUT2D eigenvalue weighted by molar-refractivity contribution is 0.0526. The van der Waals surface area contributed by atoms with Crippen molar-refractivity contribution >= 4 is 23.0 Å². The monoisotopic (exact) mass is 360 g/mol. The molecule has 0 unspecified atom stereocenters. The van der Waals surface area contributed by atoms with Crippen molar-refractivity contribution in [2.24, 2.45) is 0 Å². The highest BCUT2D eigenvalue weighted by atomic mass is 16.6. The molecule has 0 saturated carbocycles. The van der Waals surface area contributed by atoms with E-state index in [1.165, 1.54) is 6.07 Å². The Morgan fingerprint density at radius 1 is 1.27 bits per heavy atom. The molecular weight excluding hydrogens is 336 g/mol. The van der Waals surface area contributed by atoms with Crippen LogP contribution in [0.15, 0.2) is 18.2 Å². The van der Waals surface area contributed by atoms with Gasteiger partial charge in [-0.3, -0.25) is 0 Å². The van der Waals surface area contributed by atoms with Crippen molar-refractivity contribution < 1.29 is 24.5 Å². The fraction of sp³-hybridized carbons (Fsp3) is 0.421. The average molecular weight is 360 g/mol. The minimum absolute atomic E-state index is 0.0573. The van der Waals surface area contributed by atoms with E-state index in [-0.39, 0.29) is 17.0 Å². The number of hydrogen-bond donors (Lipinski definition) is 3. The lowest BCUT2D eigenvalue weighted by atomic mass is 9.97. The number of aryl methyl sites for hydroxylation is 1. The molecule has 0 bridgehead atoms. The van der Waals surface area contributed by atoms with Crippen molar-refractivity contribution in [3.8, 4) is 5.75 Å². The molecule has 2 rings (SSSR count). The number of para-hydroxylation sites is 1. The fourth-order valence-electron chi connectivity index (χ4n) is 2.73. The summed E-state index contributed by atoms with van der Waals surface area (Å²) >= 11 is 0. The van der Waals surface area contributed by atoms with Gasteiger partial charge in [0.25, 0.3) is 0 Å². The van der Waals surface area contributed by atoms with Gasteiger partial charge < -0.3 is 20.3 Å². The summed E-state index contributed by atoms with van der Waals surface area (Å²) in [5.74, 6) is -1.20. The Balaban J connectivity index is 2.18. The third-order valence-electron chi connectivity index (χ3n) is 3.85. The molecule has 1 aromatic heterocycles. The van der Waals surface area contributed by atoms with Gasteiger partial charge in [0.15, 0.2) is 5.69 Å². The molecule has 0 aliphatic heterocycles. The summed E-state index contributed by atoms with van der Waals surface area (Å²) in [6.07, 6.45) is 0.635. The summed E-state index contributed by atoms with van der Waals surface area (Å²) in [7, 11) is 0. The van der Waals surface area contributed by atoms with Crippen LogP contribution in [-0.4, -0.2) is 39.4 Å². The number of phenols is 1. The quantitative estimate of drug-likeness (QED) is 0.705. The predicted octanol–water partition coefficient (Wildman–Crippen LogP) is 3.40. The number of aromatic nitrogens is 1. The van der Waals surface area contributed by atoms with Crippen LogP contribution in [0.2, 0.25) is 0 Å². The second-order valence-electron chi connectivity index (χ2n) is 7.07. The number of carbonyl (C=O) groups excluding carboxylic acids is 1. The molecule has 7 nitrogen and oxygen atoms in total. The molecular formula is C19H24N2O5. The van der Waals surface area contributed by atoms with E-state index in [0.29, 0.717) is 30.3 Å². The number of benzene rings is 1. The number of carbonyl (C=O) groups is 2. The van der Waals surface area contributed by atoms with E-state index in [9.17, 15) is 19.8 Å². The topological polar surface area (TPSA) is 109 Å². The Hall–Kier alpha value is -2.83. The maximum absolute atomic E-state index is 11.7. The first kappa shape index (κ1) is 19.5. The highest BCUT2D eigenvalue weighted by Crippen LogP contribution is 2.29. The first-order chi connectivity index (χ1) is 12.1. The number of phenolic OH excluding ortho intramolecular Hbond substituents is 1. The standard InChI is InChI=1S/C19H24N2O5/c1-11-12(8-6-10-20-18(25)26-19(2,3)4)13-7-5-9-14(22)16(13)21-15(11)17(23)24/h5,7,9,22H,6,8,10H2,1-4H3,(H,20,25)(H,23,24). The first-order valence-corrected chi connectivity index (χ1v) is 8.41. The molecule has 0 fully saturated rings. The summed E-state index contributed by atoms with van der Waals surface area (Å²) in [5.41, 5.74) is 0.998. The van der Waals surface area contributed by atoms with Crippen LogP contribution in [0, 0.1) is 6.92 Å². The molecule has 0 saturated heterocycles. The number of rotatable bonds is 5. The number of ether oxygens (including phenoxy) is 1. The van der Waals surface area contributed by atoms with Crippen molar-refractivity contribution in [3.63, 3.8) is 0 Å². The van der Waals surface area contributed by atoms with E-state index in [2.05, 4.69) is 10.3 Å². The van der Waals surface area contributed by atoms with Gasteiger partial charge in [0.2, 0.25) is 0 Å². The molecule has 1 heterocycles. The maximum atomic E-state index is 11.7. The van der Waals surface area contributed by atoms with Crippen LogP contribution in [-0.2, 0) is 11.2 Å². The highest BCUT2D eigenvalue weighted by molar-refractivity contribution is 5.95. The third-order valence-corrected chi connectivity index (χ3v) is 3.85. The van der Waals surface area contributed by atoms with Crippen LogP contribution in [0.3, 0.4) is 0 Å². The highest BCUT2D eigenvalue weighted by Gasteiger charge is 2.19. The van der Waals surface area contributed by atoms with Crippen molar-refractivity contribution in [2.75, 3.05) is 6.54 Å². The number of amides is 1. The maximum Gasteiger partial charge on any atom is 0.407 e. The summed E-state index contributed by atoms with van der Waals surface area (Å²) in [5, 5.41) is 22.8. The van der Waals surface area contributed by atoms with E-state index in [1.54, 1.807) is 39.8 Å². The molecule has 140 valence electrons. The number of alkyl carbamates (subject to hydrolysis) is 1. The molecule has 26 heavy (non-hydrogen) atoms. The lowest BCUT2D eigenvalue weighted by Gasteiger charge is -2.19. The second-order valence-corrected chi connectivity index (χ2v) is 7.07. The smallest absolute Gasteiger partial charge is 0.407 e. The summed E-state index contributed by atoms with van der Waals surface area (Å²) < 4.78 is 5.18. The molecule has 2 aromatic rings. The van der Waals surface area contributed by atoms with Gasteiger partial charge >= 0.3 is 12.1 Å². The first-order valence-electron chi connectivity index (χ1n) is 8.41. The van der Waals surface area contributed by atoms with E-state index in [0.717, 1.165) is 5.56 Å². The zero-order chi connectivity index (χ0) is 19.5. The number of nitrogens with zero attached hydrogens (tertiary/aromatic N) is 1. The summed E-state index contributed by atoms with van der Waals surface area (Å²) in [4.78, 5) is 27.2. The Labute approximate surface area is 152 Å². The normalized spacial score (nSPS) is 11.4. The number of aromatic carboxylic acids is 1. The lowest BCUT2D eigenvalue weighted by Crippen LogP contribution is -2.33. The van der Waals surface area contributed by atoms with E-state index in [1.807, 2.05) is 0 Å². The zero-order valence-corrected chi connectivity index (χ0v) is 15.4.